The number of hydrogen-bond acceptors (Lipinski definition) is 7. The van der Waals surface area contributed by atoms with Crippen molar-refractivity contribution in [1.29, 1.82) is 0 Å². The summed E-state index contributed by atoms with van der Waals surface area (Å²) in [4.78, 5) is 60.7. The quantitative estimate of drug-likeness (QED) is 0.386. The Morgan fingerprint density at radius 3 is 2.51 bits per heavy atom. The Bertz CT molecular complexity index is 1280. The van der Waals surface area contributed by atoms with Gasteiger partial charge >= 0.3 is 0 Å². The molecule has 0 spiro atoms. The lowest BCUT2D eigenvalue weighted by molar-refractivity contribution is -0.130. The number of hydrogen-bond donors (Lipinski definition) is 4. The summed E-state index contributed by atoms with van der Waals surface area (Å²) < 4.78 is 0. The van der Waals surface area contributed by atoms with Gasteiger partial charge in [0, 0.05) is 18.1 Å². The molecule has 1 aliphatic rings. The van der Waals surface area contributed by atoms with E-state index >= 15 is 0 Å². The van der Waals surface area contributed by atoms with Crippen LogP contribution in [0.25, 0.3) is 0 Å². The van der Waals surface area contributed by atoms with E-state index in [1.54, 1.807) is 23.6 Å². The Balaban J connectivity index is 1.57. The average molecular weight is 549 g/mol. The van der Waals surface area contributed by atoms with E-state index in [0.717, 1.165) is 5.56 Å². The van der Waals surface area contributed by atoms with Crippen molar-refractivity contribution in [3.05, 3.63) is 82.1 Å². The molecule has 11 heteroatoms. The summed E-state index contributed by atoms with van der Waals surface area (Å²) in [6.07, 6.45) is 3.81. The van der Waals surface area contributed by atoms with Gasteiger partial charge in [0.2, 0.25) is 11.8 Å². The van der Waals surface area contributed by atoms with Crippen LogP contribution in [0.5, 0.6) is 0 Å². The molecule has 0 aliphatic carbocycles. The number of aromatic nitrogens is 2. The van der Waals surface area contributed by atoms with Gasteiger partial charge in [-0.15, -0.1) is 11.3 Å². The first kappa shape index (κ1) is 27.9. The van der Waals surface area contributed by atoms with E-state index in [0.29, 0.717) is 49.4 Å². The molecule has 10 nitrogen and oxygen atoms in total. The number of benzene rings is 1. The summed E-state index contributed by atoms with van der Waals surface area (Å²) in [5, 5.41) is 13.8. The van der Waals surface area contributed by atoms with E-state index in [-0.39, 0.29) is 17.5 Å². The molecule has 2 aromatic heterocycles. The molecule has 2 bridgehead atoms. The van der Waals surface area contributed by atoms with E-state index in [9.17, 15) is 19.2 Å². The maximum atomic E-state index is 13.4. The van der Waals surface area contributed by atoms with Gasteiger partial charge in [-0.05, 0) is 49.8 Å². The number of carbonyl (C=O) groups excluding carboxylic acids is 4. The van der Waals surface area contributed by atoms with Crippen LogP contribution in [0.15, 0.2) is 60.1 Å². The minimum Gasteiger partial charge on any atom is -0.351 e. The van der Waals surface area contributed by atoms with Crippen LogP contribution in [-0.4, -0.2) is 52.2 Å². The van der Waals surface area contributed by atoms with Crippen molar-refractivity contribution in [2.75, 3.05) is 6.54 Å². The van der Waals surface area contributed by atoms with Gasteiger partial charge in [-0.25, -0.2) is 4.98 Å². The van der Waals surface area contributed by atoms with E-state index in [2.05, 4.69) is 31.2 Å². The maximum absolute atomic E-state index is 13.4. The number of rotatable bonds is 5. The fraction of sp³-hybridized carbons (Fsp3) is 0.357. The van der Waals surface area contributed by atoms with Crippen LogP contribution in [0, 0.1) is 0 Å². The number of carbonyl (C=O) groups is 4. The van der Waals surface area contributed by atoms with Crippen molar-refractivity contribution in [1.82, 2.24) is 31.2 Å². The summed E-state index contributed by atoms with van der Waals surface area (Å²) >= 11 is 1.31. The molecule has 3 atom stereocenters. The van der Waals surface area contributed by atoms with E-state index < -0.39 is 29.9 Å². The molecular weight excluding hydrogens is 516 g/mol. The fourth-order valence-electron chi connectivity index (χ4n) is 4.26. The minimum atomic E-state index is -0.871. The van der Waals surface area contributed by atoms with Gasteiger partial charge in [0.25, 0.3) is 11.8 Å². The molecular formula is C28H32N6O4S. The van der Waals surface area contributed by atoms with Gasteiger partial charge in [0.15, 0.2) is 0 Å². The normalized spacial score (nSPS) is 20.8. The summed E-state index contributed by atoms with van der Waals surface area (Å²) in [6, 6.07) is 12.4. The third kappa shape index (κ3) is 7.70. The number of amides is 4. The summed E-state index contributed by atoms with van der Waals surface area (Å²) in [6.45, 7) is 2.21. The Morgan fingerprint density at radius 1 is 1.00 bits per heavy atom. The third-order valence-corrected chi connectivity index (χ3v) is 7.38. The standard InChI is InChI=1S/C28H32N6O4S/c1-2-19-25(36)33-22(16-18-10-4-3-5-11-18)28-34-23(17-39-28)24(35)30-15-9-7-13-21(27(38)31-19)32-26(37)20-12-6-8-14-29-20/h3-6,8,10-12,14,17,19,21-22H,2,7,9,13,15-16H2,1H3,(H,30,35)(H,31,38)(H,32,37)(H,33,36)/t19-,21+,22+/m1/s1. The Kier molecular flexibility index (Phi) is 9.74. The van der Waals surface area contributed by atoms with E-state index in [1.165, 1.54) is 17.5 Å². The molecule has 0 radical (unpaired) electrons. The number of thiazole rings is 1. The van der Waals surface area contributed by atoms with Crippen molar-refractivity contribution < 1.29 is 19.2 Å². The minimum absolute atomic E-state index is 0.195. The van der Waals surface area contributed by atoms with Crippen molar-refractivity contribution in [2.45, 2.75) is 57.2 Å². The first-order valence-electron chi connectivity index (χ1n) is 13.0. The molecule has 204 valence electrons. The zero-order valence-corrected chi connectivity index (χ0v) is 22.5. The summed E-state index contributed by atoms with van der Waals surface area (Å²) in [5.41, 5.74) is 1.49. The van der Waals surface area contributed by atoms with Gasteiger partial charge < -0.3 is 21.3 Å². The van der Waals surface area contributed by atoms with Crippen LogP contribution >= 0.6 is 11.3 Å². The topological polar surface area (TPSA) is 142 Å². The van der Waals surface area contributed by atoms with Crippen LogP contribution in [0.4, 0.5) is 0 Å². The fourth-order valence-corrected chi connectivity index (χ4v) is 5.11. The monoisotopic (exact) mass is 548 g/mol. The molecule has 1 aromatic carbocycles. The smallest absolute Gasteiger partial charge is 0.270 e. The zero-order valence-electron chi connectivity index (χ0n) is 21.7. The lowest BCUT2D eigenvalue weighted by Crippen LogP contribution is -2.54. The number of pyridine rings is 1. The largest absolute Gasteiger partial charge is 0.351 e. The molecule has 0 saturated carbocycles. The SMILES string of the molecule is CC[C@H]1NC(=O)[C@@H](NC(=O)c2ccccn2)CCCCNC(=O)c2csc(n2)[C@H](Cc2ccccc2)NC1=O. The highest BCUT2D eigenvalue weighted by atomic mass is 32.1. The molecule has 4 N–H and O–H groups in total. The van der Waals surface area contributed by atoms with Crippen molar-refractivity contribution in [3.63, 3.8) is 0 Å². The highest BCUT2D eigenvalue weighted by Crippen LogP contribution is 2.23. The first-order valence-corrected chi connectivity index (χ1v) is 13.9. The second-order valence-electron chi connectivity index (χ2n) is 9.28. The second-order valence-corrected chi connectivity index (χ2v) is 10.2. The van der Waals surface area contributed by atoms with Crippen LogP contribution < -0.4 is 21.3 Å². The Labute approximate surface area is 231 Å². The lowest BCUT2D eigenvalue weighted by Gasteiger charge is -2.24. The van der Waals surface area contributed by atoms with Crippen LogP contribution in [-0.2, 0) is 16.0 Å². The van der Waals surface area contributed by atoms with Crippen molar-refractivity contribution in [2.24, 2.45) is 0 Å². The average Bonchev–Trinajstić information content (AvgIpc) is 3.45. The van der Waals surface area contributed by atoms with Gasteiger partial charge in [-0.3, -0.25) is 24.2 Å². The molecule has 3 aromatic rings. The molecule has 3 heterocycles. The number of fused-ring (bicyclic) bond motifs is 2. The third-order valence-electron chi connectivity index (χ3n) is 6.42. The maximum Gasteiger partial charge on any atom is 0.270 e. The highest BCUT2D eigenvalue weighted by molar-refractivity contribution is 7.09. The molecule has 4 rings (SSSR count). The second kappa shape index (κ2) is 13.6. The molecule has 0 saturated heterocycles. The van der Waals surface area contributed by atoms with E-state index in [1.807, 2.05) is 37.3 Å². The van der Waals surface area contributed by atoms with Crippen LogP contribution in [0.1, 0.15) is 70.2 Å². The summed E-state index contributed by atoms with van der Waals surface area (Å²) in [7, 11) is 0. The highest BCUT2D eigenvalue weighted by Gasteiger charge is 2.29. The van der Waals surface area contributed by atoms with Crippen molar-refractivity contribution >= 4 is 35.0 Å². The van der Waals surface area contributed by atoms with Gasteiger partial charge in [0.1, 0.15) is 28.5 Å². The van der Waals surface area contributed by atoms with Gasteiger partial charge in [-0.2, -0.15) is 0 Å². The summed E-state index contributed by atoms with van der Waals surface area (Å²) in [5.74, 6) is -1.58. The van der Waals surface area contributed by atoms with Gasteiger partial charge in [0.05, 0.1) is 6.04 Å². The lowest BCUT2D eigenvalue weighted by atomic mass is 10.0. The van der Waals surface area contributed by atoms with E-state index in [4.69, 9.17) is 0 Å². The van der Waals surface area contributed by atoms with Crippen LogP contribution in [0.3, 0.4) is 0 Å². The molecule has 1 aliphatic heterocycles. The zero-order chi connectivity index (χ0) is 27.6. The number of nitrogens with zero attached hydrogens (tertiary/aromatic N) is 2. The Hall–Kier alpha value is -4.12. The van der Waals surface area contributed by atoms with Crippen molar-refractivity contribution in [3.8, 4) is 0 Å². The Morgan fingerprint density at radius 2 is 1.77 bits per heavy atom. The number of nitrogens with one attached hydrogen (secondary N) is 4. The molecule has 0 fully saturated rings. The van der Waals surface area contributed by atoms with Gasteiger partial charge in [-0.1, -0.05) is 43.3 Å². The molecule has 4 amide bonds. The predicted molar refractivity (Wildman–Crippen MR) is 147 cm³/mol. The molecule has 0 unspecified atom stereocenters. The molecule has 39 heavy (non-hydrogen) atoms. The van der Waals surface area contributed by atoms with Crippen LogP contribution in [0.2, 0.25) is 0 Å². The first-order chi connectivity index (χ1) is 18.9. The predicted octanol–water partition coefficient (Wildman–Crippen LogP) is 2.55.